The van der Waals surface area contributed by atoms with Crippen LogP contribution in [0, 0.1) is 10.1 Å². The molecule has 1 atom stereocenters. The summed E-state index contributed by atoms with van der Waals surface area (Å²) in [7, 11) is 0. The van der Waals surface area contributed by atoms with E-state index in [9.17, 15) is 20.0 Å². The summed E-state index contributed by atoms with van der Waals surface area (Å²) in [5.74, 6) is -1.26. The zero-order valence-corrected chi connectivity index (χ0v) is 9.38. The predicted molar refractivity (Wildman–Crippen MR) is 60.4 cm³/mol. The number of carbonyl (C=O) groups is 1. The summed E-state index contributed by atoms with van der Waals surface area (Å²) < 4.78 is 0. The Labute approximate surface area is 98.4 Å². The second-order valence-electron chi connectivity index (χ2n) is 3.58. The number of aliphatic carboxylic acids is 1. The van der Waals surface area contributed by atoms with E-state index in [-0.39, 0.29) is 11.4 Å². The molecule has 1 N–H and O–H groups in total. The molecule has 0 aliphatic heterocycles. The van der Waals surface area contributed by atoms with E-state index in [1.54, 1.807) is 6.07 Å². The molecule has 0 amide bonds. The van der Waals surface area contributed by atoms with Gasteiger partial charge in [0.25, 0.3) is 5.69 Å². The number of nitrogens with one attached hydrogen (secondary N) is 1. The molecule has 92 valence electrons. The lowest BCUT2D eigenvalue weighted by molar-refractivity contribution is -0.384. The van der Waals surface area contributed by atoms with E-state index in [4.69, 9.17) is 0 Å². The zero-order chi connectivity index (χ0) is 12.8. The van der Waals surface area contributed by atoms with Crippen LogP contribution >= 0.6 is 0 Å². The van der Waals surface area contributed by atoms with Gasteiger partial charge in [-0.2, -0.15) is 0 Å². The Balaban J connectivity index is 2.92. The Morgan fingerprint density at radius 1 is 1.47 bits per heavy atom. The molecule has 17 heavy (non-hydrogen) atoms. The maximum absolute atomic E-state index is 10.8. The van der Waals surface area contributed by atoms with Crippen LogP contribution in [0.25, 0.3) is 0 Å². The average Bonchev–Trinajstić information content (AvgIpc) is 2.28. The summed E-state index contributed by atoms with van der Waals surface area (Å²) in [5, 5.41) is 24.2. The van der Waals surface area contributed by atoms with Gasteiger partial charge in [-0.15, -0.1) is 0 Å². The summed E-state index contributed by atoms with van der Waals surface area (Å²) in [5.41, 5.74) is 0.0509. The number of benzene rings is 1. The van der Waals surface area contributed by atoms with Gasteiger partial charge in [0, 0.05) is 6.07 Å². The highest BCUT2D eigenvalue weighted by molar-refractivity contribution is 5.77. The molecule has 0 unspecified atom stereocenters. The maximum atomic E-state index is 10.8. The van der Waals surface area contributed by atoms with Gasteiger partial charge in [0.1, 0.15) is 5.69 Å². The van der Waals surface area contributed by atoms with Crippen molar-refractivity contribution >= 4 is 17.3 Å². The summed E-state index contributed by atoms with van der Waals surface area (Å²) in [6.45, 7) is 1.83. The fourth-order valence-corrected chi connectivity index (χ4v) is 1.48. The van der Waals surface area contributed by atoms with Crippen LogP contribution in [0.1, 0.15) is 19.8 Å². The van der Waals surface area contributed by atoms with E-state index >= 15 is 0 Å². The number of carboxylic acids is 1. The third-order valence-corrected chi connectivity index (χ3v) is 2.29. The van der Waals surface area contributed by atoms with Gasteiger partial charge in [0.2, 0.25) is 0 Å². The first-order valence-electron chi connectivity index (χ1n) is 5.27. The Morgan fingerprint density at radius 2 is 2.12 bits per heavy atom. The molecule has 0 radical (unpaired) electrons. The molecule has 0 fully saturated rings. The van der Waals surface area contributed by atoms with Crippen molar-refractivity contribution in [2.45, 2.75) is 25.8 Å². The molecule has 6 nitrogen and oxygen atoms in total. The molecular weight excluding hydrogens is 224 g/mol. The average molecular weight is 237 g/mol. The largest absolute Gasteiger partial charge is 0.548 e. The van der Waals surface area contributed by atoms with Crippen LogP contribution in [0.2, 0.25) is 0 Å². The third kappa shape index (κ3) is 3.44. The van der Waals surface area contributed by atoms with Crippen LogP contribution in [0.5, 0.6) is 0 Å². The molecule has 0 bridgehead atoms. The molecule has 1 rings (SSSR count). The highest BCUT2D eigenvalue weighted by atomic mass is 16.6. The SMILES string of the molecule is CCC[C@@H](Nc1ccccc1[N+](=O)[O-])C(=O)[O-]. The van der Waals surface area contributed by atoms with Gasteiger partial charge in [-0.25, -0.2) is 0 Å². The Bertz CT molecular complexity index is 420. The molecule has 6 heteroatoms. The molecule has 0 saturated carbocycles. The van der Waals surface area contributed by atoms with Crippen LogP contribution < -0.4 is 10.4 Å². The van der Waals surface area contributed by atoms with Gasteiger partial charge >= 0.3 is 0 Å². The smallest absolute Gasteiger partial charge is 0.292 e. The van der Waals surface area contributed by atoms with Gasteiger partial charge in [-0.1, -0.05) is 25.5 Å². The minimum absolute atomic E-state index is 0.144. The van der Waals surface area contributed by atoms with E-state index < -0.39 is 16.9 Å². The topological polar surface area (TPSA) is 95.3 Å². The lowest BCUT2D eigenvalue weighted by atomic mass is 10.1. The zero-order valence-electron chi connectivity index (χ0n) is 9.38. The maximum Gasteiger partial charge on any atom is 0.292 e. The number of para-hydroxylation sites is 2. The number of anilines is 1. The molecule has 0 heterocycles. The molecule has 0 spiro atoms. The number of carbonyl (C=O) groups excluding carboxylic acids is 1. The minimum Gasteiger partial charge on any atom is -0.548 e. The standard InChI is InChI=1S/C11H14N2O4/c1-2-5-9(11(14)15)12-8-6-3-4-7-10(8)13(16)17/h3-4,6-7,9,12H,2,5H2,1H3,(H,14,15)/p-1/t9-/m1/s1. The van der Waals surface area contributed by atoms with Crippen LogP contribution in [-0.4, -0.2) is 16.9 Å². The highest BCUT2D eigenvalue weighted by Gasteiger charge is 2.16. The number of hydrogen-bond donors (Lipinski definition) is 1. The van der Waals surface area contributed by atoms with Gasteiger partial charge in [0.05, 0.1) is 16.9 Å². The van der Waals surface area contributed by atoms with Crippen LogP contribution in [-0.2, 0) is 4.79 Å². The monoisotopic (exact) mass is 237 g/mol. The number of hydrogen-bond acceptors (Lipinski definition) is 5. The summed E-state index contributed by atoms with van der Waals surface area (Å²) >= 11 is 0. The number of nitro benzene ring substituents is 1. The van der Waals surface area contributed by atoms with Crippen LogP contribution in [0.3, 0.4) is 0 Å². The van der Waals surface area contributed by atoms with Crippen molar-refractivity contribution in [2.24, 2.45) is 0 Å². The van der Waals surface area contributed by atoms with Crippen molar-refractivity contribution in [1.82, 2.24) is 0 Å². The van der Waals surface area contributed by atoms with E-state index in [0.717, 1.165) is 0 Å². The molecule has 0 aliphatic carbocycles. The van der Waals surface area contributed by atoms with Crippen molar-refractivity contribution in [3.05, 3.63) is 34.4 Å². The second-order valence-corrected chi connectivity index (χ2v) is 3.58. The number of rotatable bonds is 6. The van der Waals surface area contributed by atoms with Gasteiger partial charge in [-0.3, -0.25) is 10.1 Å². The number of carboxylic acid groups (broad SMARTS) is 1. The molecule has 0 aromatic heterocycles. The third-order valence-electron chi connectivity index (χ3n) is 2.29. The Morgan fingerprint density at radius 3 is 2.65 bits per heavy atom. The Hall–Kier alpha value is -2.11. The second kappa shape index (κ2) is 5.83. The molecule has 1 aromatic carbocycles. The van der Waals surface area contributed by atoms with E-state index in [1.165, 1.54) is 18.2 Å². The first-order chi connectivity index (χ1) is 8.06. The van der Waals surface area contributed by atoms with Crippen molar-refractivity contribution < 1.29 is 14.8 Å². The van der Waals surface area contributed by atoms with Crippen LogP contribution in [0.4, 0.5) is 11.4 Å². The Kier molecular flexibility index (Phi) is 4.45. The van der Waals surface area contributed by atoms with Crippen molar-refractivity contribution in [2.75, 3.05) is 5.32 Å². The van der Waals surface area contributed by atoms with Gasteiger partial charge in [-0.05, 0) is 12.5 Å². The summed E-state index contributed by atoms with van der Waals surface area (Å²) in [6, 6.07) is 5.01. The first kappa shape index (κ1) is 13.0. The van der Waals surface area contributed by atoms with Crippen molar-refractivity contribution in [3.8, 4) is 0 Å². The lowest BCUT2D eigenvalue weighted by Crippen LogP contribution is -2.40. The summed E-state index contributed by atoms with van der Waals surface area (Å²) in [4.78, 5) is 21.0. The van der Waals surface area contributed by atoms with E-state index in [2.05, 4.69) is 5.32 Å². The molecule has 0 aliphatic rings. The molecular formula is C11H13N2O4-. The fraction of sp³-hybridized carbons (Fsp3) is 0.364. The fourth-order valence-electron chi connectivity index (χ4n) is 1.48. The van der Waals surface area contributed by atoms with Crippen molar-refractivity contribution in [3.63, 3.8) is 0 Å². The number of nitro groups is 1. The highest BCUT2D eigenvalue weighted by Crippen LogP contribution is 2.24. The van der Waals surface area contributed by atoms with Crippen molar-refractivity contribution in [1.29, 1.82) is 0 Å². The number of nitrogens with zero attached hydrogens (tertiary/aromatic N) is 1. The quantitative estimate of drug-likeness (QED) is 0.586. The molecule has 0 saturated heterocycles. The normalized spacial score (nSPS) is 11.8. The van der Waals surface area contributed by atoms with E-state index in [0.29, 0.717) is 12.8 Å². The molecule has 1 aromatic rings. The lowest BCUT2D eigenvalue weighted by Gasteiger charge is -2.19. The predicted octanol–water partition coefficient (Wildman–Crippen LogP) is 0.925. The van der Waals surface area contributed by atoms with Gasteiger partial charge in [0.15, 0.2) is 0 Å². The van der Waals surface area contributed by atoms with Gasteiger partial charge < -0.3 is 15.2 Å². The van der Waals surface area contributed by atoms with E-state index in [1.807, 2.05) is 6.92 Å². The first-order valence-corrected chi connectivity index (χ1v) is 5.27. The minimum atomic E-state index is -1.26. The van der Waals surface area contributed by atoms with Crippen LogP contribution in [0.15, 0.2) is 24.3 Å². The summed E-state index contributed by atoms with van der Waals surface area (Å²) in [6.07, 6.45) is 1.00.